The number of nitrogens with one attached hydrogen (secondary N) is 1. The van der Waals surface area contributed by atoms with Crippen molar-refractivity contribution in [3.05, 3.63) is 0 Å². The summed E-state index contributed by atoms with van der Waals surface area (Å²) >= 11 is 0. The van der Waals surface area contributed by atoms with Gasteiger partial charge in [0.2, 0.25) is 5.91 Å². The van der Waals surface area contributed by atoms with Gasteiger partial charge in [-0.15, -0.1) is 0 Å². The third-order valence-corrected chi connectivity index (χ3v) is 10.8. The summed E-state index contributed by atoms with van der Waals surface area (Å²) in [6.45, 7) is 10.3. The first-order valence-electron chi connectivity index (χ1n) is 16.2. The Morgan fingerprint density at radius 3 is 2.42 bits per heavy atom. The van der Waals surface area contributed by atoms with Crippen LogP contribution in [0.5, 0.6) is 0 Å². The fourth-order valence-corrected chi connectivity index (χ4v) is 8.48. The summed E-state index contributed by atoms with van der Waals surface area (Å²) < 4.78 is 0. The van der Waals surface area contributed by atoms with Crippen LogP contribution in [0.15, 0.2) is 0 Å². The molecule has 1 amide bonds. The maximum absolute atomic E-state index is 13.7. The van der Waals surface area contributed by atoms with Gasteiger partial charge in [-0.05, 0) is 88.5 Å². The number of rotatable bonds is 11. The van der Waals surface area contributed by atoms with Crippen molar-refractivity contribution in [2.24, 2.45) is 23.2 Å². The van der Waals surface area contributed by atoms with Crippen LogP contribution in [0.1, 0.15) is 97.3 Å². The molecule has 7 heteroatoms. The Bertz CT molecular complexity index is 766. The van der Waals surface area contributed by atoms with Crippen LogP contribution in [-0.2, 0) is 4.79 Å². The highest BCUT2D eigenvalue weighted by Gasteiger charge is 2.52. The minimum Gasteiger partial charge on any atom is -0.390 e. The Labute approximate surface area is 231 Å². The van der Waals surface area contributed by atoms with Crippen LogP contribution in [0.2, 0.25) is 0 Å². The Morgan fingerprint density at radius 2 is 1.74 bits per heavy atom. The number of aliphatic hydroxyl groups excluding tert-OH is 2. The lowest BCUT2D eigenvalue weighted by Gasteiger charge is -2.43. The fraction of sp³-hybridized carbons (Fsp3) is 0.968. The Kier molecular flexibility index (Phi) is 9.73. The molecule has 0 bridgehead atoms. The molecule has 5 fully saturated rings. The zero-order chi connectivity index (χ0) is 26.7. The molecule has 5 unspecified atom stereocenters. The van der Waals surface area contributed by atoms with Crippen molar-refractivity contribution in [3.63, 3.8) is 0 Å². The highest BCUT2D eigenvalue weighted by Crippen LogP contribution is 2.54. The quantitative estimate of drug-likeness (QED) is 0.378. The highest BCUT2D eigenvalue weighted by atomic mass is 16.3. The van der Waals surface area contributed by atoms with Crippen molar-refractivity contribution in [1.29, 1.82) is 0 Å². The van der Waals surface area contributed by atoms with Crippen molar-refractivity contribution in [1.82, 2.24) is 20.0 Å². The maximum Gasteiger partial charge on any atom is 0.225 e. The van der Waals surface area contributed by atoms with Crippen molar-refractivity contribution < 1.29 is 15.0 Å². The Hall–Kier alpha value is -0.730. The first kappa shape index (κ1) is 28.8. The number of carbonyl (C=O) groups is 1. The molecule has 3 N–H and O–H groups in total. The standard InChI is InChI=1S/C31H56N4O3/c1-3-6-28(32-27-10-15-34(16-11-27)23(2)36)17-26-18-31(12-13-31)22-35(30(26)38)21-29(37)20-33-14-9-24-7-4-5-8-25(24)19-33/h23-29,32,36-37H,3-22H2,1-2H3/t23?,24?,25-,26?,28?,29?/m1/s1. The van der Waals surface area contributed by atoms with Crippen LogP contribution in [0.4, 0.5) is 0 Å². The molecule has 2 aliphatic carbocycles. The van der Waals surface area contributed by atoms with Crippen LogP contribution in [0.3, 0.4) is 0 Å². The molecule has 0 radical (unpaired) electrons. The third kappa shape index (κ3) is 7.31. The summed E-state index contributed by atoms with van der Waals surface area (Å²) in [5.74, 6) is 2.10. The second-order valence-corrected chi connectivity index (χ2v) is 14.0. The molecule has 7 nitrogen and oxygen atoms in total. The second-order valence-electron chi connectivity index (χ2n) is 14.0. The van der Waals surface area contributed by atoms with Gasteiger partial charge < -0.3 is 25.3 Å². The van der Waals surface area contributed by atoms with E-state index >= 15 is 0 Å². The van der Waals surface area contributed by atoms with Gasteiger partial charge in [-0.2, -0.15) is 0 Å². The lowest BCUT2D eigenvalue weighted by atomic mass is 9.75. The number of β-amino-alcohol motifs (C(OH)–C–C–N with tert-alkyl or cyclic N) is 1. The third-order valence-electron chi connectivity index (χ3n) is 10.8. The maximum atomic E-state index is 13.7. The first-order chi connectivity index (χ1) is 18.3. The summed E-state index contributed by atoms with van der Waals surface area (Å²) in [4.78, 5) is 20.4. The summed E-state index contributed by atoms with van der Waals surface area (Å²) in [6, 6.07) is 0.843. The van der Waals surface area contributed by atoms with Gasteiger partial charge in [-0.1, -0.05) is 32.6 Å². The van der Waals surface area contributed by atoms with Crippen LogP contribution < -0.4 is 5.32 Å². The van der Waals surface area contributed by atoms with Gasteiger partial charge in [0.15, 0.2) is 0 Å². The number of hydrogen-bond acceptors (Lipinski definition) is 6. The highest BCUT2D eigenvalue weighted by molar-refractivity contribution is 5.80. The summed E-state index contributed by atoms with van der Waals surface area (Å²) in [6.07, 6.45) is 14.8. The van der Waals surface area contributed by atoms with Gasteiger partial charge in [0.05, 0.1) is 6.10 Å². The van der Waals surface area contributed by atoms with E-state index < -0.39 is 6.10 Å². The van der Waals surface area contributed by atoms with Crippen molar-refractivity contribution in [3.8, 4) is 0 Å². The van der Waals surface area contributed by atoms with Crippen molar-refractivity contribution in [2.75, 3.05) is 45.8 Å². The molecule has 3 aliphatic heterocycles. The fourth-order valence-electron chi connectivity index (χ4n) is 8.48. The predicted octanol–water partition coefficient (Wildman–Crippen LogP) is 3.44. The minimum absolute atomic E-state index is 0.0815. The van der Waals surface area contributed by atoms with E-state index in [0.29, 0.717) is 30.0 Å². The molecule has 0 aromatic carbocycles. The van der Waals surface area contributed by atoms with Crippen LogP contribution >= 0.6 is 0 Å². The number of amides is 1. The number of likely N-dealkylation sites (tertiary alicyclic amines) is 3. The van der Waals surface area contributed by atoms with E-state index in [1.807, 2.05) is 6.92 Å². The summed E-state index contributed by atoms with van der Waals surface area (Å²) in [5, 5.41) is 24.9. The zero-order valence-electron chi connectivity index (χ0n) is 24.3. The SMILES string of the molecule is CCCC(CC1CC2(CC2)CN(CC(O)CN2CCC3CCCC[C@@H]3C2)C1=O)NC1CCN(C(C)O)CC1. The van der Waals surface area contributed by atoms with E-state index in [1.165, 1.54) is 44.9 Å². The van der Waals surface area contributed by atoms with E-state index in [9.17, 15) is 15.0 Å². The van der Waals surface area contributed by atoms with E-state index in [2.05, 4.69) is 26.9 Å². The number of nitrogens with zero attached hydrogens (tertiary/aromatic N) is 3. The number of fused-ring (bicyclic) bond motifs is 1. The normalized spacial score (nSPS) is 33.2. The Morgan fingerprint density at radius 1 is 1.00 bits per heavy atom. The van der Waals surface area contributed by atoms with Crippen molar-refractivity contribution in [2.45, 2.75) is 122 Å². The largest absolute Gasteiger partial charge is 0.390 e. The molecule has 38 heavy (non-hydrogen) atoms. The molecule has 0 aromatic heterocycles. The molecule has 218 valence electrons. The van der Waals surface area contributed by atoms with Crippen LogP contribution in [0.25, 0.3) is 0 Å². The molecule has 1 spiro atoms. The van der Waals surface area contributed by atoms with Gasteiger partial charge in [-0.3, -0.25) is 9.69 Å². The lowest BCUT2D eigenvalue weighted by Crippen LogP contribution is -2.53. The molecule has 5 rings (SSSR count). The second kappa shape index (κ2) is 12.8. The number of piperidine rings is 3. The van der Waals surface area contributed by atoms with Crippen LogP contribution in [0, 0.1) is 23.2 Å². The smallest absolute Gasteiger partial charge is 0.225 e. The molecule has 5 aliphatic rings. The molecule has 3 saturated heterocycles. The lowest BCUT2D eigenvalue weighted by molar-refractivity contribution is -0.143. The average molecular weight is 533 g/mol. The number of aliphatic hydroxyl groups is 2. The number of carbonyl (C=O) groups excluding carboxylic acids is 1. The van der Waals surface area contributed by atoms with Crippen molar-refractivity contribution >= 4 is 5.91 Å². The van der Waals surface area contributed by atoms with Gasteiger partial charge in [-0.25, -0.2) is 0 Å². The monoisotopic (exact) mass is 532 g/mol. The number of hydrogen-bond donors (Lipinski definition) is 3. The molecule has 0 aromatic rings. The molecule has 3 heterocycles. The minimum atomic E-state index is -0.447. The van der Waals surface area contributed by atoms with Gasteiger partial charge in [0, 0.05) is 57.3 Å². The topological polar surface area (TPSA) is 79.3 Å². The van der Waals surface area contributed by atoms with Gasteiger partial charge in [0.25, 0.3) is 0 Å². The molecular weight excluding hydrogens is 476 g/mol. The Balaban J connectivity index is 1.13. The van der Waals surface area contributed by atoms with E-state index in [1.54, 1.807) is 0 Å². The molecular formula is C31H56N4O3. The van der Waals surface area contributed by atoms with E-state index in [4.69, 9.17) is 0 Å². The van der Waals surface area contributed by atoms with Crippen LogP contribution in [-0.4, -0.2) is 101 Å². The predicted molar refractivity (Wildman–Crippen MR) is 152 cm³/mol. The summed E-state index contributed by atoms with van der Waals surface area (Å²) in [7, 11) is 0. The van der Waals surface area contributed by atoms with Gasteiger partial charge >= 0.3 is 0 Å². The van der Waals surface area contributed by atoms with Gasteiger partial charge in [0.1, 0.15) is 6.23 Å². The summed E-state index contributed by atoms with van der Waals surface area (Å²) in [5.41, 5.74) is 0.318. The zero-order valence-corrected chi connectivity index (χ0v) is 24.3. The molecule has 2 saturated carbocycles. The molecule has 6 atom stereocenters. The van der Waals surface area contributed by atoms with E-state index in [0.717, 1.165) is 89.6 Å². The first-order valence-corrected chi connectivity index (χ1v) is 16.2. The van der Waals surface area contributed by atoms with E-state index in [-0.39, 0.29) is 12.1 Å². The average Bonchev–Trinajstić information content (AvgIpc) is 3.65.